The second kappa shape index (κ2) is 8.32. The second-order valence-corrected chi connectivity index (χ2v) is 9.22. The second-order valence-electron chi connectivity index (χ2n) is 6.09. The third kappa shape index (κ3) is 4.55. The van der Waals surface area contributed by atoms with Crippen molar-refractivity contribution in [1.82, 2.24) is 14.6 Å². The molecule has 3 rings (SSSR count). The Bertz CT molecular complexity index is 923. The van der Waals surface area contributed by atoms with Crippen LogP contribution in [-0.4, -0.2) is 42.7 Å². The summed E-state index contributed by atoms with van der Waals surface area (Å²) in [6.07, 6.45) is 4.04. The van der Waals surface area contributed by atoms with Crippen LogP contribution in [0.1, 0.15) is 23.2 Å². The Morgan fingerprint density at radius 1 is 1.15 bits per heavy atom. The van der Waals surface area contributed by atoms with Gasteiger partial charge in [-0.25, -0.2) is 8.42 Å². The molecule has 0 bridgehead atoms. The van der Waals surface area contributed by atoms with E-state index in [1.54, 1.807) is 18.3 Å². The van der Waals surface area contributed by atoms with Crippen LogP contribution in [0.5, 0.6) is 0 Å². The Morgan fingerprint density at radius 3 is 2.33 bits per heavy atom. The molecule has 0 aliphatic carbocycles. The molecule has 144 valence electrons. The number of pyridine rings is 1. The summed E-state index contributed by atoms with van der Waals surface area (Å²) in [5, 5.41) is 3.14. The highest BCUT2D eigenvalue weighted by molar-refractivity contribution is 7.89. The monoisotopic (exact) mass is 447 g/mol. The van der Waals surface area contributed by atoms with Gasteiger partial charge in [-0.15, -0.1) is 0 Å². The number of halogens is 3. The number of amides is 1. The summed E-state index contributed by atoms with van der Waals surface area (Å²) in [6.45, 7) is 0.491. The van der Waals surface area contributed by atoms with E-state index >= 15 is 0 Å². The van der Waals surface area contributed by atoms with Gasteiger partial charge in [0.05, 0.1) is 15.6 Å². The molecule has 1 aromatic heterocycles. The molecular weight excluding hydrogens is 433 g/mol. The summed E-state index contributed by atoms with van der Waals surface area (Å²) in [7, 11) is -3.86. The van der Waals surface area contributed by atoms with E-state index in [0.717, 1.165) is 0 Å². The maximum absolute atomic E-state index is 12.9. The molecule has 0 spiro atoms. The summed E-state index contributed by atoms with van der Waals surface area (Å²) in [5.74, 6) is -0.229. The number of aromatic nitrogens is 1. The van der Waals surface area contributed by atoms with E-state index in [1.807, 2.05) is 0 Å². The lowest BCUT2D eigenvalue weighted by Crippen LogP contribution is -2.46. The predicted octanol–water partition coefficient (Wildman–Crippen LogP) is 3.62. The first kappa shape index (κ1) is 20.4. The molecule has 6 nitrogen and oxygen atoms in total. The lowest BCUT2D eigenvalue weighted by Gasteiger charge is -2.32. The molecule has 1 N–H and O–H groups in total. The minimum Gasteiger partial charge on any atom is -0.349 e. The van der Waals surface area contributed by atoms with Crippen molar-refractivity contribution in [1.29, 1.82) is 0 Å². The number of rotatable bonds is 4. The highest BCUT2D eigenvalue weighted by atomic mass is 35.5. The van der Waals surface area contributed by atoms with Crippen molar-refractivity contribution in [3.8, 4) is 0 Å². The van der Waals surface area contributed by atoms with Gasteiger partial charge < -0.3 is 5.32 Å². The summed E-state index contributed by atoms with van der Waals surface area (Å²) < 4.78 is 27.1. The smallest absolute Gasteiger partial charge is 0.253 e. The number of nitrogens with one attached hydrogen (secondary N) is 1. The highest BCUT2D eigenvalue weighted by Crippen LogP contribution is 2.35. The van der Waals surface area contributed by atoms with Gasteiger partial charge in [0, 0.05) is 36.5 Å². The first-order chi connectivity index (χ1) is 12.8. The zero-order chi connectivity index (χ0) is 19.6. The van der Waals surface area contributed by atoms with Gasteiger partial charge in [-0.05, 0) is 37.1 Å². The standard InChI is InChI=1S/C17H16Cl3N3O3S/c18-12-8-14(19)16(15(20)9-12)27(25,26)23-6-3-13(4-7-23)22-17(24)11-2-1-5-21-10-11/h1-2,5,8-10,13H,3-4,6-7H2,(H,22,24). The van der Waals surface area contributed by atoms with Crippen molar-refractivity contribution in [2.45, 2.75) is 23.8 Å². The van der Waals surface area contributed by atoms with E-state index in [2.05, 4.69) is 10.3 Å². The number of carbonyl (C=O) groups excluding carboxylic acids is 1. The van der Waals surface area contributed by atoms with E-state index in [9.17, 15) is 13.2 Å². The summed E-state index contributed by atoms with van der Waals surface area (Å²) in [4.78, 5) is 16.0. The fourth-order valence-corrected chi connectivity index (χ4v) is 5.87. The molecule has 1 aliphatic heterocycles. The van der Waals surface area contributed by atoms with E-state index in [4.69, 9.17) is 34.8 Å². The number of nitrogens with zero attached hydrogens (tertiary/aromatic N) is 2. The van der Waals surface area contributed by atoms with Crippen molar-refractivity contribution in [2.75, 3.05) is 13.1 Å². The maximum atomic E-state index is 12.9. The molecule has 1 aromatic carbocycles. The van der Waals surface area contributed by atoms with Crippen molar-refractivity contribution in [3.63, 3.8) is 0 Å². The molecular formula is C17H16Cl3N3O3S. The van der Waals surface area contributed by atoms with Gasteiger partial charge >= 0.3 is 0 Å². The van der Waals surface area contributed by atoms with Crippen LogP contribution in [-0.2, 0) is 10.0 Å². The van der Waals surface area contributed by atoms with Crippen LogP contribution in [0.2, 0.25) is 15.1 Å². The van der Waals surface area contributed by atoms with Crippen LogP contribution in [0.3, 0.4) is 0 Å². The summed E-state index contributed by atoms with van der Waals surface area (Å²) >= 11 is 18.0. The molecule has 1 amide bonds. The maximum Gasteiger partial charge on any atom is 0.253 e. The van der Waals surface area contributed by atoms with Crippen molar-refractivity contribution < 1.29 is 13.2 Å². The van der Waals surface area contributed by atoms with Gasteiger partial charge in [0.15, 0.2) is 0 Å². The van der Waals surface area contributed by atoms with Crippen molar-refractivity contribution >= 4 is 50.7 Å². The van der Waals surface area contributed by atoms with Crippen LogP contribution >= 0.6 is 34.8 Å². The van der Waals surface area contributed by atoms with Gasteiger partial charge in [-0.3, -0.25) is 9.78 Å². The minimum atomic E-state index is -3.86. The SMILES string of the molecule is O=C(NC1CCN(S(=O)(=O)c2c(Cl)cc(Cl)cc2Cl)CC1)c1cccnc1. The van der Waals surface area contributed by atoms with E-state index in [1.165, 1.54) is 22.6 Å². The number of hydrogen-bond acceptors (Lipinski definition) is 4. The molecule has 1 fully saturated rings. The average molecular weight is 449 g/mol. The Balaban J connectivity index is 1.68. The normalized spacial score (nSPS) is 16.3. The zero-order valence-corrected chi connectivity index (χ0v) is 17.1. The van der Waals surface area contributed by atoms with Gasteiger partial charge in [0.25, 0.3) is 5.91 Å². The Labute approximate surface area is 172 Å². The molecule has 2 aromatic rings. The molecule has 1 aliphatic rings. The van der Waals surface area contributed by atoms with Crippen LogP contribution in [0.25, 0.3) is 0 Å². The van der Waals surface area contributed by atoms with E-state index in [-0.39, 0.29) is 45.0 Å². The third-order valence-electron chi connectivity index (χ3n) is 4.27. The highest BCUT2D eigenvalue weighted by Gasteiger charge is 2.33. The summed E-state index contributed by atoms with van der Waals surface area (Å²) in [6, 6.07) is 5.93. The Hall–Kier alpha value is -1.38. The van der Waals surface area contributed by atoms with Crippen molar-refractivity contribution in [3.05, 3.63) is 57.3 Å². The first-order valence-electron chi connectivity index (χ1n) is 8.14. The topological polar surface area (TPSA) is 79.4 Å². The summed E-state index contributed by atoms with van der Waals surface area (Å²) in [5.41, 5.74) is 0.465. The Morgan fingerprint density at radius 2 is 1.78 bits per heavy atom. The number of hydrogen-bond donors (Lipinski definition) is 1. The van der Waals surface area contributed by atoms with Gasteiger partial charge in [0.1, 0.15) is 4.90 Å². The number of sulfonamides is 1. The first-order valence-corrected chi connectivity index (χ1v) is 10.7. The number of benzene rings is 1. The van der Waals surface area contributed by atoms with E-state index in [0.29, 0.717) is 18.4 Å². The fourth-order valence-electron chi connectivity index (χ4n) is 2.91. The lowest BCUT2D eigenvalue weighted by atomic mass is 10.1. The van der Waals surface area contributed by atoms with Crippen LogP contribution in [0, 0.1) is 0 Å². The minimum absolute atomic E-state index is 0.0143. The molecule has 1 saturated heterocycles. The molecule has 27 heavy (non-hydrogen) atoms. The molecule has 0 saturated carbocycles. The number of piperidine rings is 1. The largest absolute Gasteiger partial charge is 0.349 e. The van der Waals surface area contributed by atoms with Crippen LogP contribution < -0.4 is 5.32 Å². The van der Waals surface area contributed by atoms with Crippen LogP contribution in [0.4, 0.5) is 0 Å². The quantitative estimate of drug-likeness (QED) is 0.774. The Kier molecular flexibility index (Phi) is 6.28. The van der Waals surface area contributed by atoms with Gasteiger partial charge in [0.2, 0.25) is 10.0 Å². The van der Waals surface area contributed by atoms with Gasteiger partial charge in [-0.1, -0.05) is 34.8 Å². The van der Waals surface area contributed by atoms with Gasteiger partial charge in [-0.2, -0.15) is 4.31 Å². The zero-order valence-electron chi connectivity index (χ0n) is 14.0. The average Bonchev–Trinajstić information content (AvgIpc) is 2.61. The van der Waals surface area contributed by atoms with Crippen molar-refractivity contribution in [2.24, 2.45) is 0 Å². The molecule has 2 heterocycles. The third-order valence-corrected chi connectivity index (χ3v) is 7.31. The van der Waals surface area contributed by atoms with E-state index < -0.39 is 10.0 Å². The fraction of sp³-hybridized carbons (Fsp3) is 0.294. The number of carbonyl (C=O) groups is 1. The lowest BCUT2D eigenvalue weighted by molar-refractivity contribution is 0.0923. The molecule has 0 unspecified atom stereocenters. The molecule has 0 atom stereocenters. The van der Waals surface area contributed by atoms with Crippen LogP contribution in [0.15, 0.2) is 41.6 Å². The molecule has 0 radical (unpaired) electrons. The predicted molar refractivity (Wildman–Crippen MR) is 105 cm³/mol. The molecule has 10 heteroatoms.